The fourth-order valence-corrected chi connectivity index (χ4v) is 4.39. The Hall–Kier alpha value is -3.61. The molecular weight excluding hydrogens is 418 g/mol. The zero-order valence-electron chi connectivity index (χ0n) is 19.3. The molecule has 0 saturated heterocycles. The van der Waals surface area contributed by atoms with Gasteiger partial charge < -0.3 is 14.8 Å². The lowest BCUT2D eigenvalue weighted by molar-refractivity contribution is -0.119. The van der Waals surface area contributed by atoms with Gasteiger partial charge in [-0.15, -0.1) is 0 Å². The van der Waals surface area contributed by atoms with Crippen molar-refractivity contribution >= 4 is 11.6 Å². The van der Waals surface area contributed by atoms with Crippen molar-refractivity contribution in [3.8, 4) is 22.8 Å². The first kappa shape index (κ1) is 22.6. The summed E-state index contributed by atoms with van der Waals surface area (Å²) in [4.78, 5) is 26.8. The molecule has 0 aliphatic heterocycles. The monoisotopic (exact) mass is 447 g/mol. The van der Waals surface area contributed by atoms with E-state index in [1.54, 1.807) is 25.3 Å². The minimum absolute atomic E-state index is 0.177. The summed E-state index contributed by atoms with van der Waals surface area (Å²) >= 11 is 0. The number of amides is 1. The molecule has 7 nitrogen and oxygen atoms in total. The van der Waals surface area contributed by atoms with Crippen LogP contribution in [0, 0.1) is 0 Å². The van der Waals surface area contributed by atoms with Gasteiger partial charge in [-0.25, -0.2) is 4.68 Å². The molecule has 1 atom stereocenters. The molecule has 1 aromatic heterocycles. The molecule has 0 spiro atoms. The van der Waals surface area contributed by atoms with Gasteiger partial charge in [0, 0.05) is 17.2 Å². The van der Waals surface area contributed by atoms with Crippen LogP contribution in [0.2, 0.25) is 0 Å². The van der Waals surface area contributed by atoms with Gasteiger partial charge in [0.1, 0.15) is 17.5 Å². The molecule has 0 fully saturated rings. The molecule has 0 radical (unpaired) electrons. The van der Waals surface area contributed by atoms with E-state index in [9.17, 15) is 9.59 Å². The smallest absolute Gasteiger partial charge is 0.271 e. The third-order valence-corrected chi connectivity index (χ3v) is 6.12. The van der Waals surface area contributed by atoms with E-state index >= 15 is 0 Å². The minimum Gasteiger partial charge on any atom is -0.497 e. The zero-order valence-corrected chi connectivity index (χ0v) is 19.3. The van der Waals surface area contributed by atoms with Crippen LogP contribution in [0.5, 0.6) is 11.5 Å². The van der Waals surface area contributed by atoms with Crippen LogP contribution < -0.4 is 20.3 Å². The highest BCUT2D eigenvalue weighted by Gasteiger charge is 2.27. The molecule has 2 aromatic carbocycles. The van der Waals surface area contributed by atoms with Crippen LogP contribution in [0.4, 0.5) is 5.69 Å². The van der Waals surface area contributed by atoms with E-state index < -0.39 is 6.04 Å². The number of hydrogen-bond acceptors (Lipinski definition) is 5. The fourth-order valence-electron chi connectivity index (χ4n) is 4.39. The molecule has 1 heterocycles. The number of carbonyl (C=O) groups is 1. The second-order valence-corrected chi connectivity index (χ2v) is 8.11. The zero-order chi connectivity index (χ0) is 23.4. The van der Waals surface area contributed by atoms with Crippen LogP contribution in [0.25, 0.3) is 11.3 Å². The lowest BCUT2D eigenvalue weighted by atomic mass is 9.89. The second kappa shape index (κ2) is 9.90. The van der Waals surface area contributed by atoms with Crippen LogP contribution >= 0.6 is 0 Å². The summed E-state index contributed by atoms with van der Waals surface area (Å²) < 4.78 is 12.0. The van der Waals surface area contributed by atoms with Gasteiger partial charge in [0.25, 0.3) is 5.56 Å². The number of methoxy groups -OCH3 is 2. The Labute approximate surface area is 193 Å². The van der Waals surface area contributed by atoms with Gasteiger partial charge in [0.05, 0.1) is 25.6 Å². The maximum absolute atomic E-state index is 13.5. The SMILES string of the molecule is CCC(C(=O)Nc1cc(OC)ccc1OC)n1nc(-c2ccccc2)c2c(c1=O)CCCC2. The lowest BCUT2D eigenvalue weighted by Crippen LogP contribution is -2.38. The summed E-state index contributed by atoms with van der Waals surface area (Å²) in [6.45, 7) is 1.88. The number of ether oxygens (including phenoxy) is 2. The molecule has 1 amide bonds. The Kier molecular flexibility index (Phi) is 6.77. The number of nitrogens with one attached hydrogen (secondary N) is 1. The van der Waals surface area contributed by atoms with Gasteiger partial charge in [-0.2, -0.15) is 5.10 Å². The Bertz CT molecular complexity index is 1200. The van der Waals surface area contributed by atoms with Crippen molar-refractivity contribution < 1.29 is 14.3 Å². The first-order valence-corrected chi connectivity index (χ1v) is 11.3. The summed E-state index contributed by atoms with van der Waals surface area (Å²) in [5.74, 6) is 0.776. The van der Waals surface area contributed by atoms with Gasteiger partial charge in [-0.3, -0.25) is 9.59 Å². The molecule has 1 aliphatic rings. The quantitative estimate of drug-likeness (QED) is 0.581. The maximum Gasteiger partial charge on any atom is 0.271 e. The van der Waals surface area contributed by atoms with Crippen LogP contribution in [0.15, 0.2) is 53.3 Å². The van der Waals surface area contributed by atoms with E-state index in [0.717, 1.165) is 41.6 Å². The van der Waals surface area contributed by atoms with E-state index in [4.69, 9.17) is 14.6 Å². The van der Waals surface area contributed by atoms with E-state index in [0.29, 0.717) is 30.0 Å². The Morgan fingerprint density at radius 3 is 2.45 bits per heavy atom. The molecule has 1 N–H and O–H groups in total. The maximum atomic E-state index is 13.5. The number of aromatic nitrogens is 2. The summed E-state index contributed by atoms with van der Waals surface area (Å²) in [7, 11) is 3.10. The molecule has 3 aromatic rings. The Morgan fingerprint density at radius 1 is 1.06 bits per heavy atom. The molecular formula is C26H29N3O4. The molecule has 0 bridgehead atoms. The molecule has 4 rings (SSSR count). The number of carbonyl (C=O) groups excluding carboxylic acids is 1. The van der Waals surface area contributed by atoms with Crippen molar-refractivity contribution in [3.63, 3.8) is 0 Å². The van der Waals surface area contributed by atoms with Crippen LogP contribution in [-0.4, -0.2) is 29.9 Å². The normalized spacial score (nSPS) is 13.7. The average molecular weight is 448 g/mol. The van der Waals surface area contributed by atoms with E-state index in [1.165, 1.54) is 11.8 Å². The summed E-state index contributed by atoms with van der Waals surface area (Å²) in [6.07, 6.45) is 3.94. The van der Waals surface area contributed by atoms with E-state index in [2.05, 4.69) is 5.32 Å². The topological polar surface area (TPSA) is 82.4 Å². The van der Waals surface area contributed by atoms with Crippen molar-refractivity contribution in [3.05, 3.63) is 70.0 Å². The van der Waals surface area contributed by atoms with Crippen LogP contribution in [0.1, 0.15) is 43.4 Å². The Morgan fingerprint density at radius 2 is 1.79 bits per heavy atom. The first-order chi connectivity index (χ1) is 16.1. The second-order valence-electron chi connectivity index (χ2n) is 8.11. The number of anilines is 1. The fraction of sp³-hybridized carbons (Fsp3) is 0.346. The van der Waals surface area contributed by atoms with Crippen LogP contribution in [-0.2, 0) is 17.6 Å². The number of benzene rings is 2. The molecule has 33 heavy (non-hydrogen) atoms. The summed E-state index contributed by atoms with van der Waals surface area (Å²) in [5.41, 5.74) is 3.83. The summed E-state index contributed by atoms with van der Waals surface area (Å²) in [6, 6.07) is 14.3. The van der Waals surface area contributed by atoms with Crippen molar-refractivity contribution in [1.82, 2.24) is 9.78 Å². The van der Waals surface area contributed by atoms with Gasteiger partial charge in [-0.05, 0) is 49.8 Å². The summed E-state index contributed by atoms with van der Waals surface area (Å²) in [5, 5.41) is 7.66. The molecule has 172 valence electrons. The lowest BCUT2D eigenvalue weighted by Gasteiger charge is -2.24. The van der Waals surface area contributed by atoms with Gasteiger partial charge in [0.2, 0.25) is 5.91 Å². The highest BCUT2D eigenvalue weighted by Crippen LogP contribution is 2.31. The Balaban J connectivity index is 1.77. The minimum atomic E-state index is -0.761. The van der Waals surface area contributed by atoms with E-state index in [1.807, 2.05) is 37.3 Å². The van der Waals surface area contributed by atoms with Crippen molar-refractivity contribution in [2.45, 2.75) is 45.1 Å². The van der Waals surface area contributed by atoms with Crippen LogP contribution in [0.3, 0.4) is 0 Å². The first-order valence-electron chi connectivity index (χ1n) is 11.3. The third kappa shape index (κ3) is 4.49. The number of nitrogens with zero attached hydrogens (tertiary/aromatic N) is 2. The predicted molar refractivity (Wildman–Crippen MR) is 128 cm³/mol. The van der Waals surface area contributed by atoms with Gasteiger partial charge >= 0.3 is 0 Å². The van der Waals surface area contributed by atoms with Gasteiger partial charge in [-0.1, -0.05) is 37.3 Å². The largest absolute Gasteiger partial charge is 0.497 e. The standard InChI is InChI=1S/C26H29N3O4/c1-4-22(25(30)27-21-16-18(32-2)14-15-23(21)33-3)29-26(31)20-13-9-8-12-19(20)24(28-29)17-10-6-5-7-11-17/h5-7,10-11,14-16,22H,4,8-9,12-13H2,1-3H3,(H,27,30). The number of hydrogen-bond donors (Lipinski definition) is 1. The molecule has 1 unspecified atom stereocenters. The van der Waals surface area contributed by atoms with Crippen molar-refractivity contribution in [2.75, 3.05) is 19.5 Å². The van der Waals surface area contributed by atoms with Crippen molar-refractivity contribution in [2.24, 2.45) is 0 Å². The highest BCUT2D eigenvalue weighted by atomic mass is 16.5. The predicted octanol–water partition coefficient (Wildman–Crippen LogP) is 4.40. The van der Waals surface area contributed by atoms with Gasteiger partial charge in [0.15, 0.2) is 0 Å². The third-order valence-electron chi connectivity index (χ3n) is 6.12. The average Bonchev–Trinajstić information content (AvgIpc) is 2.86. The molecule has 7 heteroatoms. The number of rotatable bonds is 7. The molecule has 1 aliphatic carbocycles. The van der Waals surface area contributed by atoms with E-state index in [-0.39, 0.29) is 11.5 Å². The number of fused-ring (bicyclic) bond motifs is 1. The highest BCUT2D eigenvalue weighted by molar-refractivity contribution is 5.95. The molecule has 0 saturated carbocycles. The van der Waals surface area contributed by atoms with Crippen molar-refractivity contribution in [1.29, 1.82) is 0 Å².